The van der Waals surface area contributed by atoms with E-state index < -0.39 is 12.1 Å². The molecule has 1 unspecified atom stereocenters. The largest absolute Gasteiger partial charge is 0.466 e. The van der Waals surface area contributed by atoms with Crippen LogP contribution in [0.3, 0.4) is 0 Å². The van der Waals surface area contributed by atoms with Crippen molar-refractivity contribution in [3.8, 4) is 0 Å². The predicted molar refractivity (Wildman–Crippen MR) is 70.3 cm³/mol. The topological polar surface area (TPSA) is 76.6 Å². The van der Waals surface area contributed by atoms with Crippen LogP contribution >= 0.6 is 11.6 Å². The van der Waals surface area contributed by atoms with Gasteiger partial charge in [0.2, 0.25) is 6.10 Å². The van der Waals surface area contributed by atoms with E-state index in [2.05, 4.69) is 26.8 Å². The molecular weight excluding hydrogens is 270 g/mol. The van der Waals surface area contributed by atoms with Crippen LogP contribution in [0, 0.1) is 0 Å². The Morgan fingerprint density at radius 2 is 2.42 bits per heavy atom. The van der Waals surface area contributed by atoms with Gasteiger partial charge in [-0.2, -0.15) is 0 Å². The number of imidazole rings is 1. The SMILES string of the molecule is CCCCc1nc(C2=NOC(C(=O)OC)C2)c(Cl)[nH]1. The number of hydrogen-bond donors (Lipinski definition) is 1. The molecular formula is C12H16ClN3O3. The molecule has 0 spiro atoms. The van der Waals surface area contributed by atoms with Gasteiger partial charge >= 0.3 is 5.97 Å². The molecule has 0 amide bonds. The Bertz CT molecular complexity index is 498. The summed E-state index contributed by atoms with van der Waals surface area (Å²) >= 11 is 6.09. The number of unbranched alkanes of at least 4 members (excludes halogenated alkanes) is 1. The third-order valence-electron chi connectivity index (χ3n) is 2.88. The van der Waals surface area contributed by atoms with Crippen LogP contribution in [0.2, 0.25) is 5.15 Å². The molecule has 1 N–H and O–H groups in total. The number of H-pyrrole nitrogens is 1. The predicted octanol–water partition coefficient (Wildman–Crippen LogP) is 2.07. The second-order valence-electron chi connectivity index (χ2n) is 4.31. The average Bonchev–Trinajstić information content (AvgIpc) is 3.02. The number of aromatic amines is 1. The summed E-state index contributed by atoms with van der Waals surface area (Å²) < 4.78 is 4.61. The first kappa shape index (κ1) is 13.9. The van der Waals surface area contributed by atoms with Gasteiger partial charge in [-0.15, -0.1) is 0 Å². The lowest BCUT2D eigenvalue weighted by atomic mass is 10.1. The number of nitrogens with zero attached hydrogens (tertiary/aromatic N) is 2. The molecule has 19 heavy (non-hydrogen) atoms. The average molecular weight is 286 g/mol. The fraction of sp³-hybridized carbons (Fsp3) is 0.583. The number of rotatable bonds is 5. The summed E-state index contributed by atoms with van der Waals surface area (Å²) in [6.07, 6.45) is 2.58. The van der Waals surface area contributed by atoms with Crippen molar-refractivity contribution in [2.24, 2.45) is 5.16 Å². The number of oxime groups is 1. The quantitative estimate of drug-likeness (QED) is 0.840. The summed E-state index contributed by atoms with van der Waals surface area (Å²) in [7, 11) is 1.31. The van der Waals surface area contributed by atoms with E-state index in [1.807, 2.05) is 0 Å². The standard InChI is InChI=1S/C12H16ClN3O3/c1-3-4-5-9-14-10(11(13)15-9)7-6-8(19-16-7)12(17)18-2/h8H,3-6H2,1-2H3,(H,14,15). The summed E-state index contributed by atoms with van der Waals surface area (Å²) in [6, 6.07) is 0. The van der Waals surface area contributed by atoms with Crippen LogP contribution in [-0.2, 0) is 20.8 Å². The molecule has 0 bridgehead atoms. The van der Waals surface area contributed by atoms with Crippen molar-refractivity contribution in [3.63, 3.8) is 0 Å². The minimum atomic E-state index is -0.702. The molecule has 1 atom stereocenters. The third-order valence-corrected chi connectivity index (χ3v) is 3.16. The van der Waals surface area contributed by atoms with E-state index in [-0.39, 0.29) is 0 Å². The molecule has 0 radical (unpaired) electrons. The lowest BCUT2D eigenvalue weighted by molar-refractivity contribution is -0.152. The van der Waals surface area contributed by atoms with Crippen molar-refractivity contribution in [2.75, 3.05) is 7.11 Å². The summed E-state index contributed by atoms with van der Waals surface area (Å²) in [5, 5.41) is 4.29. The number of nitrogens with one attached hydrogen (secondary N) is 1. The third kappa shape index (κ3) is 3.07. The Labute approximate surface area is 116 Å². The highest BCUT2D eigenvalue weighted by Gasteiger charge is 2.31. The van der Waals surface area contributed by atoms with Crippen molar-refractivity contribution in [3.05, 3.63) is 16.7 Å². The van der Waals surface area contributed by atoms with E-state index >= 15 is 0 Å². The van der Waals surface area contributed by atoms with Crippen LogP contribution in [0.15, 0.2) is 5.16 Å². The molecule has 7 heteroatoms. The normalized spacial score (nSPS) is 18.1. The first-order chi connectivity index (χ1) is 9.15. The zero-order valence-corrected chi connectivity index (χ0v) is 11.7. The van der Waals surface area contributed by atoms with E-state index in [4.69, 9.17) is 16.4 Å². The smallest absolute Gasteiger partial charge is 0.350 e. The second kappa shape index (κ2) is 6.06. The minimum absolute atomic E-state index is 0.324. The van der Waals surface area contributed by atoms with E-state index in [9.17, 15) is 4.79 Å². The van der Waals surface area contributed by atoms with Gasteiger partial charge in [0.1, 0.15) is 22.4 Å². The van der Waals surface area contributed by atoms with Crippen LogP contribution in [0.25, 0.3) is 0 Å². The Morgan fingerprint density at radius 3 is 3.11 bits per heavy atom. The number of aryl methyl sites for hydroxylation is 1. The minimum Gasteiger partial charge on any atom is -0.466 e. The summed E-state index contributed by atoms with van der Waals surface area (Å²) in [5.41, 5.74) is 1.12. The number of esters is 1. The van der Waals surface area contributed by atoms with Gasteiger partial charge in [0.25, 0.3) is 0 Å². The summed E-state index contributed by atoms with van der Waals surface area (Å²) in [4.78, 5) is 23.8. The summed E-state index contributed by atoms with van der Waals surface area (Å²) in [6.45, 7) is 2.11. The Hall–Kier alpha value is -1.56. The van der Waals surface area contributed by atoms with Crippen molar-refractivity contribution in [1.29, 1.82) is 0 Å². The van der Waals surface area contributed by atoms with Crippen molar-refractivity contribution in [1.82, 2.24) is 9.97 Å². The number of carbonyl (C=O) groups excluding carboxylic acids is 1. The van der Waals surface area contributed by atoms with E-state index in [1.165, 1.54) is 7.11 Å². The lowest BCUT2D eigenvalue weighted by Crippen LogP contribution is -2.22. The van der Waals surface area contributed by atoms with Gasteiger partial charge in [-0.25, -0.2) is 9.78 Å². The highest BCUT2D eigenvalue weighted by atomic mass is 35.5. The molecule has 6 nitrogen and oxygen atoms in total. The van der Waals surface area contributed by atoms with Gasteiger partial charge in [-0.3, -0.25) is 0 Å². The Balaban J connectivity index is 2.07. The van der Waals surface area contributed by atoms with E-state index in [0.29, 0.717) is 23.0 Å². The van der Waals surface area contributed by atoms with Gasteiger partial charge in [-0.1, -0.05) is 30.1 Å². The fourth-order valence-corrected chi connectivity index (χ4v) is 2.09. The van der Waals surface area contributed by atoms with Gasteiger partial charge in [0.15, 0.2) is 0 Å². The number of carbonyl (C=O) groups is 1. The highest BCUT2D eigenvalue weighted by molar-refractivity contribution is 6.33. The van der Waals surface area contributed by atoms with Gasteiger partial charge in [-0.05, 0) is 6.42 Å². The van der Waals surface area contributed by atoms with Gasteiger partial charge in [0.05, 0.1) is 7.11 Å². The monoisotopic (exact) mass is 285 g/mol. The summed E-state index contributed by atoms with van der Waals surface area (Å²) in [5.74, 6) is 0.377. The van der Waals surface area contributed by atoms with Crippen LogP contribution in [0.1, 0.15) is 37.7 Å². The molecule has 0 fully saturated rings. The van der Waals surface area contributed by atoms with Crippen molar-refractivity contribution in [2.45, 2.75) is 38.7 Å². The first-order valence-electron chi connectivity index (χ1n) is 6.21. The highest BCUT2D eigenvalue weighted by Crippen LogP contribution is 2.22. The maximum absolute atomic E-state index is 11.3. The maximum atomic E-state index is 11.3. The molecule has 2 heterocycles. The molecule has 1 aromatic rings. The molecule has 104 valence electrons. The van der Waals surface area contributed by atoms with Crippen molar-refractivity contribution >= 4 is 23.3 Å². The molecule has 1 aliphatic heterocycles. The number of ether oxygens (including phenoxy) is 1. The van der Waals surface area contributed by atoms with Crippen LogP contribution in [0.5, 0.6) is 0 Å². The fourth-order valence-electron chi connectivity index (χ4n) is 1.83. The lowest BCUT2D eigenvalue weighted by Gasteiger charge is -2.03. The number of hydrogen-bond acceptors (Lipinski definition) is 5. The van der Waals surface area contributed by atoms with Gasteiger partial charge < -0.3 is 14.6 Å². The Kier molecular flexibility index (Phi) is 4.42. The maximum Gasteiger partial charge on any atom is 0.350 e. The zero-order chi connectivity index (χ0) is 13.8. The zero-order valence-electron chi connectivity index (χ0n) is 10.9. The molecule has 0 saturated heterocycles. The molecule has 2 rings (SSSR count). The molecule has 1 aromatic heterocycles. The van der Waals surface area contributed by atoms with E-state index in [0.717, 1.165) is 25.1 Å². The molecule has 0 saturated carbocycles. The van der Waals surface area contributed by atoms with Crippen LogP contribution < -0.4 is 0 Å². The number of methoxy groups -OCH3 is 1. The van der Waals surface area contributed by atoms with Gasteiger partial charge in [0, 0.05) is 12.8 Å². The Morgan fingerprint density at radius 1 is 1.63 bits per heavy atom. The second-order valence-corrected chi connectivity index (χ2v) is 4.69. The van der Waals surface area contributed by atoms with E-state index in [1.54, 1.807) is 0 Å². The number of aromatic nitrogens is 2. The number of halogens is 1. The van der Waals surface area contributed by atoms with Crippen molar-refractivity contribution < 1.29 is 14.4 Å². The molecule has 0 aliphatic carbocycles. The molecule has 1 aliphatic rings. The van der Waals surface area contributed by atoms with Crippen LogP contribution in [0.4, 0.5) is 0 Å². The molecule has 0 aromatic carbocycles. The van der Waals surface area contributed by atoms with Crippen LogP contribution in [-0.4, -0.2) is 34.9 Å². The first-order valence-corrected chi connectivity index (χ1v) is 6.58.